The molecule has 3 heterocycles. The van der Waals surface area contributed by atoms with E-state index < -0.39 is 0 Å². The van der Waals surface area contributed by atoms with Gasteiger partial charge in [0.2, 0.25) is 5.91 Å². The summed E-state index contributed by atoms with van der Waals surface area (Å²) in [5, 5.41) is 3.11. The minimum Gasteiger partial charge on any atom is -0.486 e. The van der Waals surface area contributed by atoms with Crippen LogP contribution in [-0.2, 0) is 4.79 Å². The van der Waals surface area contributed by atoms with Crippen molar-refractivity contribution in [2.75, 3.05) is 63.1 Å². The first kappa shape index (κ1) is 22.2. The quantitative estimate of drug-likeness (QED) is 0.630. The van der Waals surface area contributed by atoms with Crippen molar-refractivity contribution >= 4 is 29.4 Å². The molecule has 2 aromatic carbocycles. The fourth-order valence-electron chi connectivity index (χ4n) is 4.54. The van der Waals surface area contributed by atoms with Crippen LogP contribution in [0.3, 0.4) is 0 Å². The summed E-state index contributed by atoms with van der Waals surface area (Å²) in [6.45, 7) is 7.10. The highest BCUT2D eigenvalue weighted by Crippen LogP contribution is 2.39. The first-order valence-corrected chi connectivity index (χ1v) is 12.8. The lowest BCUT2D eigenvalue weighted by Gasteiger charge is -2.37. The number of carbonyl (C=O) groups excluding carboxylic acids is 1. The van der Waals surface area contributed by atoms with E-state index in [1.165, 1.54) is 4.90 Å². The van der Waals surface area contributed by atoms with E-state index in [1.807, 2.05) is 30.3 Å². The van der Waals surface area contributed by atoms with E-state index in [1.54, 1.807) is 11.8 Å². The molecule has 1 saturated heterocycles. The molecular formula is C26H31N3O3S. The number of ether oxygens (including phenoxy) is 2. The van der Waals surface area contributed by atoms with Gasteiger partial charge in [0, 0.05) is 48.9 Å². The third kappa shape index (κ3) is 5.31. The molecular weight excluding hydrogens is 434 g/mol. The van der Waals surface area contributed by atoms with Crippen LogP contribution in [0.25, 0.3) is 6.08 Å². The Kier molecular flexibility index (Phi) is 7.07. The molecule has 0 atom stereocenters. The van der Waals surface area contributed by atoms with Crippen molar-refractivity contribution in [3.63, 3.8) is 0 Å². The minimum absolute atomic E-state index is 0.0722. The average Bonchev–Trinajstić information content (AvgIpc) is 2.88. The Bertz CT molecular complexity index is 1020. The fourth-order valence-corrected chi connectivity index (χ4v) is 5.54. The molecule has 3 aliphatic rings. The number of anilines is 1. The Morgan fingerprint density at radius 2 is 1.82 bits per heavy atom. The second-order valence-electron chi connectivity index (χ2n) is 8.59. The van der Waals surface area contributed by atoms with Crippen LogP contribution in [0.5, 0.6) is 11.5 Å². The Morgan fingerprint density at radius 3 is 2.73 bits per heavy atom. The molecule has 174 valence electrons. The third-order valence-corrected chi connectivity index (χ3v) is 7.51. The minimum atomic E-state index is 0.0722. The molecule has 0 unspecified atom stereocenters. The number of carbonyl (C=O) groups is 1. The zero-order chi connectivity index (χ0) is 22.5. The maximum Gasteiger partial charge on any atom is 0.248 e. The second kappa shape index (κ2) is 10.5. The van der Waals surface area contributed by atoms with Crippen LogP contribution in [0.2, 0.25) is 0 Å². The van der Waals surface area contributed by atoms with Gasteiger partial charge in [0.05, 0.1) is 5.69 Å². The first-order valence-electron chi connectivity index (χ1n) is 11.8. The van der Waals surface area contributed by atoms with Crippen LogP contribution < -0.4 is 19.7 Å². The van der Waals surface area contributed by atoms with Crippen molar-refractivity contribution in [1.82, 2.24) is 10.2 Å². The largest absolute Gasteiger partial charge is 0.486 e. The fraction of sp³-hybridized carbons (Fsp3) is 0.423. The molecule has 3 aliphatic heterocycles. The van der Waals surface area contributed by atoms with Crippen molar-refractivity contribution in [1.29, 1.82) is 0 Å². The maximum atomic E-state index is 12.5. The van der Waals surface area contributed by atoms with Crippen LogP contribution in [-0.4, -0.2) is 69.0 Å². The van der Waals surface area contributed by atoms with Crippen molar-refractivity contribution in [3.05, 3.63) is 53.6 Å². The molecule has 2 aromatic rings. The SMILES string of the molecule is O=C(NCCCCN1CCN(c2cccc3c2OCCO3)CC1)C1=Cc2ccccc2SC1. The molecule has 1 amide bonds. The number of amides is 1. The normalized spacial score (nSPS) is 17.8. The van der Waals surface area contributed by atoms with Crippen LogP contribution in [0.1, 0.15) is 18.4 Å². The highest BCUT2D eigenvalue weighted by Gasteiger charge is 2.23. The molecule has 33 heavy (non-hydrogen) atoms. The summed E-state index contributed by atoms with van der Waals surface area (Å²) in [5.41, 5.74) is 3.16. The summed E-state index contributed by atoms with van der Waals surface area (Å²) < 4.78 is 11.6. The summed E-state index contributed by atoms with van der Waals surface area (Å²) in [4.78, 5) is 18.7. The monoisotopic (exact) mass is 465 g/mol. The topological polar surface area (TPSA) is 54.0 Å². The molecule has 0 radical (unpaired) electrons. The molecule has 7 heteroatoms. The smallest absolute Gasteiger partial charge is 0.248 e. The van der Waals surface area contributed by atoms with Gasteiger partial charge in [-0.05, 0) is 49.2 Å². The summed E-state index contributed by atoms with van der Waals surface area (Å²) in [6, 6.07) is 14.4. The van der Waals surface area contributed by atoms with Gasteiger partial charge in [-0.15, -0.1) is 11.8 Å². The third-order valence-electron chi connectivity index (χ3n) is 6.37. The summed E-state index contributed by atoms with van der Waals surface area (Å²) in [6.07, 6.45) is 4.12. The van der Waals surface area contributed by atoms with E-state index >= 15 is 0 Å². The molecule has 0 spiro atoms. The van der Waals surface area contributed by atoms with Crippen LogP contribution >= 0.6 is 11.8 Å². The molecule has 0 aromatic heterocycles. The highest BCUT2D eigenvalue weighted by atomic mass is 32.2. The first-order chi connectivity index (χ1) is 16.3. The number of rotatable bonds is 7. The predicted octanol–water partition coefficient (Wildman–Crippen LogP) is 3.67. The summed E-state index contributed by atoms with van der Waals surface area (Å²) >= 11 is 1.74. The van der Waals surface area contributed by atoms with Gasteiger partial charge in [-0.2, -0.15) is 0 Å². The molecule has 1 fully saturated rings. The Balaban J connectivity index is 1.02. The Labute approximate surface area is 199 Å². The molecule has 0 bridgehead atoms. The number of hydrogen-bond donors (Lipinski definition) is 1. The van der Waals surface area contributed by atoms with Crippen LogP contribution in [0.4, 0.5) is 5.69 Å². The highest BCUT2D eigenvalue weighted by molar-refractivity contribution is 7.99. The van der Waals surface area contributed by atoms with Gasteiger partial charge in [-0.3, -0.25) is 9.69 Å². The maximum absolute atomic E-state index is 12.5. The number of para-hydroxylation sites is 1. The predicted molar refractivity (Wildman–Crippen MR) is 133 cm³/mol. The van der Waals surface area contributed by atoms with Crippen LogP contribution in [0.15, 0.2) is 52.9 Å². The van der Waals surface area contributed by atoms with Gasteiger partial charge in [0.15, 0.2) is 11.5 Å². The van der Waals surface area contributed by atoms with Gasteiger partial charge in [0.1, 0.15) is 13.2 Å². The van der Waals surface area contributed by atoms with Gasteiger partial charge in [0.25, 0.3) is 0 Å². The van der Waals surface area contributed by atoms with Crippen molar-refractivity contribution in [2.24, 2.45) is 0 Å². The lowest BCUT2D eigenvalue weighted by molar-refractivity contribution is -0.117. The number of piperazine rings is 1. The van der Waals surface area contributed by atoms with Crippen LogP contribution in [0, 0.1) is 0 Å². The van der Waals surface area contributed by atoms with Gasteiger partial charge < -0.3 is 19.7 Å². The number of benzene rings is 2. The molecule has 6 nitrogen and oxygen atoms in total. The number of thioether (sulfide) groups is 1. The standard InChI is InChI=1S/C26H31N3O3S/c30-26(21-18-20-6-1-2-9-24(20)33-19-21)27-10-3-4-11-28-12-14-29(15-13-28)22-7-5-8-23-25(22)32-17-16-31-23/h1-2,5-9,18H,3-4,10-17,19H2,(H,27,30). The van der Waals surface area contributed by atoms with Gasteiger partial charge >= 0.3 is 0 Å². The Morgan fingerprint density at radius 1 is 0.970 bits per heavy atom. The van der Waals surface area contributed by atoms with E-state index in [4.69, 9.17) is 9.47 Å². The molecule has 5 rings (SSSR count). The van der Waals surface area contributed by atoms with Crippen molar-refractivity contribution in [3.8, 4) is 11.5 Å². The zero-order valence-electron chi connectivity index (χ0n) is 18.9. The lowest BCUT2D eigenvalue weighted by Crippen LogP contribution is -2.47. The van der Waals surface area contributed by atoms with Crippen molar-refractivity contribution < 1.29 is 14.3 Å². The molecule has 0 saturated carbocycles. The molecule has 0 aliphatic carbocycles. The van der Waals surface area contributed by atoms with E-state index in [2.05, 4.69) is 33.3 Å². The van der Waals surface area contributed by atoms with E-state index in [9.17, 15) is 4.79 Å². The number of fused-ring (bicyclic) bond motifs is 2. The average molecular weight is 466 g/mol. The van der Waals surface area contributed by atoms with Gasteiger partial charge in [-0.1, -0.05) is 24.3 Å². The van der Waals surface area contributed by atoms with E-state index in [0.29, 0.717) is 13.2 Å². The number of hydrogen-bond acceptors (Lipinski definition) is 6. The summed E-state index contributed by atoms with van der Waals surface area (Å²) in [5.74, 6) is 2.57. The van der Waals surface area contributed by atoms with Gasteiger partial charge in [-0.25, -0.2) is 0 Å². The van der Waals surface area contributed by atoms with Crippen molar-refractivity contribution in [2.45, 2.75) is 17.7 Å². The van der Waals surface area contributed by atoms with E-state index in [0.717, 1.165) is 86.2 Å². The number of nitrogens with zero attached hydrogens (tertiary/aromatic N) is 2. The molecule has 1 N–H and O–H groups in total. The van der Waals surface area contributed by atoms with E-state index in [-0.39, 0.29) is 5.91 Å². The number of nitrogens with one attached hydrogen (secondary N) is 1. The Hall–Kier alpha value is -2.64. The second-order valence-corrected chi connectivity index (χ2v) is 9.61. The summed E-state index contributed by atoms with van der Waals surface area (Å²) in [7, 11) is 0. The lowest BCUT2D eigenvalue weighted by atomic mass is 10.1. The number of unbranched alkanes of at least 4 members (excludes halogenated alkanes) is 1. The zero-order valence-corrected chi connectivity index (χ0v) is 19.7.